The molecule has 3 N–H and O–H groups in total. The lowest BCUT2D eigenvalue weighted by Gasteiger charge is -2.08. The molecule has 0 aromatic heterocycles. The van der Waals surface area contributed by atoms with Gasteiger partial charge in [0.15, 0.2) is 6.61 Å². The number of aromatic hydroxyl groups is 2. The fourth-order valence-corrected chi connectivity index (χ4v) is 1.96. The summed E-state index contributed by atoms with van der Waals surface area (Å²) >= 11 is 0. The minimum atomic E-state index is -0.442. The maximum Gasteiger partial charge on any atom is 0.277 e. The van der Waals surface area contributed by atoms with E-state index in [1.54, 1.807) is 24.3 Å². The van der Waals surface area contributed by atoms with Gasteiger partial charge in [0.2, 0.25) is 0 Å². The first kappa shape index (κ1) is 19.1. The first-order valence-corrected chi connectivity index (χ1v) is 8.28. The van der Waals surface area contributed by atoms with Gasteiger partial charge in [0.25, 0.3) is 5.91 Å². The number of nitrogens with one attached hydrogen (secondary N) is 1. The van der Waals surface area contributed by atoms with E-state index in [2.05, 4.69) is 17.5 Å². The zero-order valence-corrected chi connectivity index (χ0v) is 14.5. The van der Waals surface area contributed by atoms with Crippen molar-refractivity contribution in [2.75, 3.05) is 13.2 Å². The third kappa shape index (κ3) is 6.35. The van der Waals surface area contributed by atoms with Gasteiger partial charge in [-0.25, -0.2) is 5.43 Å². The van der Waals surface area contributed by atoms with Crippen molar-refractivity contribution in [3.05, 3.63) is 48.0 Å². The summed E-state index contributed by atoms with van der Waals surface area (Å²) in [4.78, 5) is 11.7. The van der Waals surface area contributed by atoms with E-state index in [1.165, 1.54) is 24.4 Å². The monoisotopic (exact) mass is 358 g/mol. The summed E-state index contributed by atoms with van der Waals surface area (Å²) in [6, 6.07) is 11.1. The number of benzene rings is 2. The molecule has 0 radical (unpaired) electrons. The van der Waals surface area contributed by atoms with Gasteiger partial charge in [-0.3, -0.25) is 4.79 Å². The molecule has 0 aliphatic carbocycles. The molecule has 138 valence electrons. The fourth-order valence-electron chi connectivity index (χ4n) is 1.96. The highest BCUT2D eigenvalue weighted by Gasteiger charge is 2.03. The van der Waals surface area contributed by atoms with E-state index in [1.807, 2.05) is 0 Å². The van der Waals surface area contributed by atoms with Crippen LogP contribution in [0.15, 0.2) is 47.6 Å². The predicted molar refractivity (Wildman–Crippen MR) is 97.8 cm³/mol. The molecule has 0 bridgehead atoms. The average molecular weight is 358 g/mol. The van der Waals surface area contributed by atoms with E-state index in [9.17, 15) is 15.0 Å². The highest BCUT2D eigenvalue weighted by Crippen LogP contribution is 2.20. The van der Waals surface area contributed by atoms with E-state index in [0.717, 1.165) is 18.6 Å². The number of unbranched alkanes of at least 4 members (excludes halogenated alkanes) is 1. The summed E-state index contributed by atoms with van der Waals surface area (Å²) in [5, 5.41) is 22.5. The van der Waals surface area contributed by atoms with Crippen LogP contribution in [0.25, 0.3) is 0 Å². The topological polar surface area (TPSA) is 100 Å². The number of hydrazone groups is 1. The Morgan fingerprint density at radius 2 is 1.81 bits per heavy atom. The standard InChI is InChI=1S/C19H22N2O5/c1-2-3-10-25-16-6-8-17(9-7-16)26-13-19(24)21-20-12-14-4-5-15(22)11-18(14)23/h4-9,11-12,22-23H,2-3,10,13H2,1H3,(H,21,24)/b20-12-. The van der Waals surface area contributed by atoms with E-state index in [4.69, 9.17) is 9.47 Å². The quantitative estimate of drug-likeness (QED) is 0.364. The summed E-state index contributed by atoms with van der Waals surface area (Å²) in [5.41, 5.74) is 2.66. The maximum absolute atomic E-state index is 11.7. The Morgan fingerprint density at radius 3 is 2.46 bits per heavy atom. The lowest BCUT2D eigenvalue weighted by atomic mass is 10.2. The Labute approximate surface area is 151 Å². The molecule has 2 aromatic rings. The highest BCUT2D eigenvalue weighted by atomic mass is 16.5. The first-order valence-electron chi connectivity index (χ1n) is 8.28. The molecule has 0 unspecified atom stereocenters. The van der Waals surface area contributed by atoms with E-state index in [-0.39, 0.29) is 18.1 Å². The molecular formula is C19H22N2O5. The summed E-state index contributed by atoms with van der Waals surface area (Å²) in [5.74, 6) is 0.666. The number of carbonyl (C=O) groups is 1. The van der Waals surface area contributed by atoms with E-state index in [0.29, 0.717) is 17.9 Å². The summed E-state index contributed by atoms with van der Waals surface area (Å²) < 4.78 is 10.9. The molecule has 7 nitrogen and oxygen atoms in total. The summed E-state index contributed by atoms with van der Waals surface area (Å²) in [6.45, 7) is 2.57. The number of rotatable bonds is 9. The van der Waals surface area contributed by atoms with Crippen molar-refractivity contribution in [1.29, 1.82) is 0 Å². The molecule has 7 heteroatoms. The van der Waals surface area contributed by atoms with Gasteiger partial charge in [0, 0.05) is 11.6 Å². The largest absolute Gasteiger partial charge is 0.508 e. The molecule has 0 saturated carbocycles. The summed E-state index contributed by atoms with van der Waals surface area (Å²) in [7, 11) is 0. The Morgan fingerprint density at radius 1 is 1.12 bits per heavy atom. The minimum Gasteiger partial charge on any atom is -0.508 e. The van der Waals surface area contributed by atoms with Crippen molar-refractivity contribution in [1.82, 2.24) is 5.43 Å². The van der Waals surface area contributed by atoms with Crippen LogP contribution in [-0.4, -0.2) is 35.5 Å². The number of hydrogen-bond acceptors (Lipinski definition) is 6. The van der Waals surface area contributed by atoms with Gasteiger partial charge in [-0.05, 0) is 42.8 Å². The molecule has 1 amide bonds. The Kier molecular flexibility index (Phi) is 7.30. The molecule has 2 aromatic carbocycles. The van der Waals surface area contributed by atoms with Crippen molar-refractivity contribution in [2.45, 2.75) is 19.8 Å². The Hall–Kier alpha value is -3.22. The molecule has 0 spiro atoms. The van der Waals surface area contributed by atoms with Gasteiger partial charge in [0.1, 0.15) is 23.0 Å². The van der Waals surface area contributed by atoms with Crippen LogP contribution in [0.5, 0.6) is 23.0 Å². The van der Waals surface area contributed by atoms with Gasteiger partial charge in [0.05, 0.1) is 12.8 Å². The van der Waals surface area contributed by atoms with Crippen molar-refractivity contribution >= 4 is 12.1 Å². The lowest BCUT2D eigenvalue weighted by molar-refractivity contribution is -0.123. The molecule has 0 saturated heterocycles. The minimum absolute atomic E-state index is 0.0566. The van der Waals surface area contributed by atoms with Crippen LogP contribution in [-0.2, 0) is 4.79 Å². The predicted octanol–water partition coefficient (Wildman–Crippen LogP) is 2.81. The zero-order chi connectivity index (χ0) is 18.8. The van der Waals surface area contributed by atoms with Gasteiger partial charge in [-0.1, -0.05) is 13.3 Å². The van der Waals surface area contributed by atoms with Crippen molar-refractivity contribution in [2.24, 2.45) is 5.10 Å². The number of carbonyl (C=O) groups excluding carboxylic acids is 1. The van der Waals surface area contributed by atoms with Gasteiger partial charge in [-0.15, -0.1) is 0 Å². The van der Waals surface area contributed by atoms with Crippen LogP contribution < -0.4 is 14.9 Å². The molecule has 26 heavy (non-hydrogen) atoms. The molecule has 0 aliphatic heterocycles. The first-order chi connectivity index (χ1) is 12.6. The van der Waals surface area contributed by atoms with Crippen LogP contribution in [0.2, 0.25) is 0 Å². The number of phenolic OH excluding ortho intramolecular Hbond substituents is 2. The fraction of sp³-hybridized carbons (Fsp3) is 0.263. The zero-order valence-electron chi connectivity index (χ0n) is 14.5. The molecular weight excluding hydrogens is 336 g/mol. The van der Waals surface area contributed by atoms with E-state index < -0.39 is 5.91 Å². The number of phenols is 2. The van der Waals surface area contributed by atoms with Crippen molar-refractivity contribution in [3.8, 4) is 23.0 Å². The van der Waals surface area contributed by atoms with Crippen molar-refractivity contribution in [3.63, 3.8) is 0 Å². The second kappa shape index (κ2) is 9.93. The molecule has 0 aliphatic rings. The SMILES string of the molecule is CCCCOc1ccc(OCC(=O)N/N=C\c2ccc(O)cc2O)cc1. The molecule has 0 atom stereocenters. The van der Waals surface area contributed by atoms with Crippen molar-refractivity contribution < 1.29 is 24.5 Å². The van der Waals surface area contributed by atoms with Crippen LogP contribution in [0, 0.1) is 0 Å². The third-order valence-electron chi connectivity index (χ3n) is 3.37. The molecule has 0 heterocycles. The van der Waals surface area contributed by atoms with Gasteiger partial charge < -0.3 is 19.7 Å². The van der Waals surface area contributed by atoms with E-state index >= 15 is 0 Å². The maximum atomic E-state index is 11.7. The molecule has 2 rings (SSSR count). The normalized spacial score (nSPS) is 10.7. The number of hydrogen-bond donors (Lipinski definition) is 3. The lowest BCUT2D eigenvalue weighted by Crippen LogP contribution is -2.24. The summed E-state index contributed by atoms with van der Waals surface area (Å²) in [6.07, 6.45) is 3.35. The third-order valence-corrected chi connectivity index (χ3v) is 3.37. The number of amides is 1. The van der Waals surface area contributed by atoms with Crippen LogP contribution in [0.1, 0.15) is 25.3 Å². The van der Waals surface area contributed by atoms with Crippen LogP contribution in [0.3, 0.4) is 0 Å². The second-order valence-electron chi connectivity index (χ2n) is 5.50. The second-order valence-corrected chi connectivity index (χ2v) is 5.50. The highest BCUT2D eigenvalue weighted by molar-refractivity contribution is 5.85. The van der Waals surface area contributed by atoms with Gasteiger partial charge >= 0.3 is 0 Å². The smallest absolute Gasteiger partial charge is 0.277 e. The molecule has 0 fully saturated rings. The number of ether oxygens (including phenoxy) is 2. The average Bonchev–Trinajstić information content (AvgIpc) is 2.63. The Bertz CT molecular complexity index is 744. The van der Waals surface area contributed by atoms with Crippen LogP contribution >= 0.6 is 0 Å². The Balaban J connectivity index is 1.75. The van der Waals surface area contributed by atoms with Crippen LogP contribution in [0.4, 0.5) is 0 Å². The number of nitrogens with zero attached hydrogens (tertiary/aromatic N) is 1. The van der Waals surface area contributed by atoms with Gasteiger partial charge in [-0.2, -0.15) is 5.10 Å².